The van der Waals surface area contributed by atoms with Gasteiger partial charge in [-0.2, -0.15) is 0 Å². The maximum atomic E-state index is 10.8. The Morgan fingerprint density at radius 2 is 2.50 bits per heavy atom. The van der Waals surface area contributed by atoms with E-state index in [0.29, 0.717) is 4.91 Å². The van der Waals surface area contributed by atoms with Crippen LogP contribution in [0.3, 0.4) is 0 Å². The quantitative estimate of drug-likeness (QED) is 0.495. The lowest BCUT2D eigenvalue weighted by Gasteiger charge is -2.07. The summed E-state index contributed by atoms with van der Waals surface area (Å²) >= 11 is 0. The molecule has 1 heterocycles. The van der Waals surface area contributed by atoms with Crippen LogP contribution in [0.2, 0.25) is 0 Å². The van der Waals surface area contributed by atoms with Gasteiger partial charge in [-0.3, -0.25) is 4.79 Å². The van der Waals surface area contributed by atoms with Gasteiger partial charge in [0, 0.05) is 6.04 Å². The average molecular weight is 202 g/mol. The van der Waals surface area contributed by atoms with Gasteiger partial charge in [-0.1, -0.05) is 6.58 Å². The first kappa shape index (κ1) is 9.70. The molecule has 66 valence electrons. The van der Waals surface area contributed by atoms with E-state index in [1.54, 1.807) is 6.08 Å². The fourth-order valence-electron chi connectivity index (χ4n) is 0.646. The molecule has 0 saturated carbocycles. The van der Waals surface area contributed by atoms with Crippen molar-refractivity contribution in [2.75, 3.05) is 0 Å². The van der Waals surface area contributed by atoms with Gasteiger partial charge in [0.25, 0.3) is 5.91 Å². The summed E-state index contributed by atoms with van der Waals surface area (Å²) in [4.78, 5) is 11.4. The molecule has 0 spiro atoms. The number of nitrogens with two attached hydrogens (primary N) is 1. The highest BCUT2D eigenvalue weighted by molar-refractivity contribution is 8.77. The number of amides is 1. The van der Waals surface area contributed by atoms with Crippen LogP contribution in [0.4, 0.5) is 0 Å². The van der Waals surface area contributed by atoms with E-state index in [9.17, 15) is 4.79 Å². The number of nitrogens with one attached hydrogen (secondary N) is 1. The predicted molar refractivity (Wildman–Crippen MR) is 54.2 cm³/mol. The molecule has 0 aromatic heterocycles. The van der Waals surface area contributed by atoms with E-state index in [0.717, 1.165) is 5.57 Å². The molecule has 12 heavy (non-hydrogen) atoms. The van der Waals surface area contributed by atoms with Gasteiger partial charge in [-0.25, -0.2) is 4.72 Å². The highest BCUT2D eigenvalue weighted by Crippen LogP contribution is 2.32. The number of hydrogen-bond donors (Lipinski definition) is 2. The van der Waals surface area contributed by atoms with Crippen molar-refractivity contribution in [3.8, 4) is 0 Å². The SMILES string of the molecule is C=C1C=C(C(N)=O)SSNC1C. The van der Waals surface area contributed by atoms with Gasteiger partial charge >= 0.3 is 0 Å². The predicted octanol–water partition coefficient (Wildman–Crippen LogP) is 1.20. The third-order valence-corrected chi connectivity index (χ3v) is 3.58. The Bertz CT molecular complexity index is 250. The van der Waals surface area contributed by atoms with E-state index in [2.05, 4.69) is 11.3 Å². The summed E-state index contributed by atoms with van der Waals surface area (Å²) in [5, 5.41) is 0. The van der Waals surface area contributed by atoms with Crippen molar-refractivity contribution in [1.29, 1.82) is 0 Å². The summed E-state index contributed by atoms with van der Waals surface area (Å²) in [5.74, 6) is -0.399. The summed E-state index contributed by atoms with van der Waals surface area (Å²) in [6.07, 6.45) is 1.73. The van der Waals surface area contributed by atoms with Crippen molar-refractivity contribution in [2.24, 2.45) is 5.73 Å². The zero-order valence-corrected chi connectivity index (χ0v) is 8.30. The van der Waals surface area contributed by atoms with Crippen LogP contribution in [0.5, 0.6) is 0 Å². The zero-order valence-electron chi connectivity index (χ0n) is 6.66. The Balaban J connectivity index is 2.81. The van der Waals surface area contributed by atoms with E-state index in [1.165, 1.54) is 21.8 Å². The van der Waals surface area contributed by atoms with Gasteiger partial charge in [-0.15, -0.1) is 0 Å². The lowest BCUT2D eigenvalue weighted by molar-refractivity contribution is -0.113. The molecule has 1 aliphatic rings. The molecule has 0 aromatic carbocycles. The van der Waals surface area contributed by atoms with Crippen molar-refractivity contribution in [1.82, 2.24) is 4.72 Å². The Morgan fingerprint density at radius 1 is 1.83 bits per heavy atom. The highest BCUT2D eigenvalue weighted by Gasteiger charge is 2.14. The van der Waals surface area contributed by atoms with Crippen molar-refractivity contribution in [3.63, 3.8) is 0 Å². The molecule has 0 bridgehead atoms. The fraction of sp³-hybridized carbons (Fsp3) is 0.286. The maximum Gasteiger partial charge on any atom is 0.256 e. The second-order valence-corrected chi connectivity index (χ2v) is 4.46. The number of carbonyl (C=O) groups is 1. The Labute approximate surface area is 79.4 Å². The molecule has 1 amide bonds. The Kier molecular flexibility index (Phi) is 3.25. The number of hydrogen-bond acceptors (Lipinski definition) is 4. The van der Waals surface area contributed by atoms with Gasteiger partial charge in [0.15, 0.2) is 0 Å². The lowest BCUT2D eigenvalue weighted by Crippen LogP contribution is -2.18. The minimum atomic E-state index is -0.399. The van der Waals surface area contributed by atoms with Crippen LogP contribution >= 0.6 is 21.8 Å². The van der Waals surface area contributed by atoms with Gasteiger partial charge in [0.1, 0.15) is 0 Å². The second-order valence-electron chi connectivity index (χ2n) is 2.45. The van der Waals surface area contributed by atoms with Crippen LogP contribution < -0.4 is 10.5 Å². The monoisotopic (exact) mass is 202 g/mol. The van der Waals surface area contributed by atoms with E-state index in [4.69, 9.17) is 5.73 Å². The van der Waals surface area contributed by atoms with E-state index in [1.807, 2.05) is 6.92 Å². The molecular weight excluding hydrogens is 192 g/mol. The molecule has 5 heteroatoms. The molecule has 0 aromatic rings. The molecule has 1 rings (SSSR count). The van der Waals surface area contributed by atoms with Crippen molar-refractivity contribution >= 4 is 27.7 Å². The number of primary amides is 1. The van der Waals surface area contributed by atoms with Crippen molar-refractivity contribution < 1.29 is 4.79 Å². The second kappa shape index (κ2) is 4.02. The fourth-order valence-corrected chi connectivity index (χ4v) is 2.60. The number of rotatable bonds is 1. The molecule has 1 aliphatic heterocycles. The van der Waals surface area contributed by atoms with Gasteiger partial charge < -0.3 is 5.73 Å². The topological polar surface area (TPSA) is 55.1 Å². The van der Waals surface area contributed by atoms with Gasteiger partial charge in [0.2, 0.25) is 0 Å². The average Bonchev–Trinajstić information content (AvgIpc) is 2.15. The summed E-state index contributed by atoms with van der Waals surface area (Å²) in [5.41, 5.74) is 6.01. The van der Waals surface area contributed by atoms with E-state index >= 15 is 0 Å². The third kappa shape index (κ3) is 2.30. The van der Waals surface area contributed by atoms with E-state index < -0.39 is 5.91 Å². The first-order valence-electron chi connectivity index (χ1n) is 3.40. The van der Waals surface area contributed by atoms with Crippen LogP contribution in [-0.2, 0) is 4.79 Å². The molecule has 1 atom stereocenters. The van der Waals surface area contributed by atoms with Crippen LogP contribution in [0, 0.1) is 0 Å². The van der Waals surface area contributed by atoms with Crippen LogP contribution in [0.15, 0.2) is 23.1 Å². The van der Waals surface area contributed by atoms with Crippen LogP contribution in [0.1, 0.15) is 6.92 Å². The van der Waals surface area contributed by atoms with Crippen LogP contribution in [0.25, 0.3) is 0 Å². The van der Waals surface area contributed by atoms with Gasteiger partial charge in [-0.05, 0) is 40.3 Å². The molecule has 1 unspecified atom stereocenters. The molecule has 0 fully saturated rings. The van der Waals surface area contributed by atoms with Gasteiger partial charge in [0.05, 0.1) is 4.91 Å². The lowest BCUT2D eigenvalue weighted by atomic mass is 10.1. The Morgan fingerprint density at radius 3 is 3.08 bits per heavy atom. The smallest absolute Gasteiger partial charge is 0.256 e. The normalized spacial score (nSPS) is 24.6. The number of carbonyl (C=O) groups excluding carboxylic acids is 1. The summed E-state index contributed by atoms with van der Waals surface area (Å²) in [6, 6.07) is 0.180. The first-order valence-corrected chi connectivity index (χ1v) is 5.55. The summed E-state index contributed by atoms with van der Waals surface area (Å²) in [6.45, 7) is 5.80. The first-order chi connectivity index (χ1) is 5.61. The van der Waals surface area contributed by atoms with Crippen LogP contribution in [-0.4, -0.2) is 11.9 Å². The molecular formula is C7H10N2OS2. The Hall–Kier alpha value is -0.390. The summed E-state index contributed by atoms with van der Waals surface area (Å²) < 4.78 is 3.10. The molecule has 3 N–H and O–H groups in total. The largest absolute Gasteiger partial charge is 0.365 e. The maximum absolute atomic E-state index is 10.8. The molecule has 0 saturated heterocycles. The van der Waals surface area contributed by atoms with E-state index in [-0.39, 0.29) is 6.04 Å². The highest BCUT2D eigenvalue weighted by atomic mass is 33.1. The molecule has 0 radical (unpaired) electrons. The minimum Gasteiger partial charge on any atom is -0.365 e. The third-order valence-electron chi connectivity index (χ3n) is 1.47. The van der Waals surface area contributed by atoms with Crippen molar-refractivity contribution in [2.45, 2.75) is 13.0 Å². The van der Waals surface area contributed by atoms with Crippen molar-refractivity contribution in [3.05, 3.63) is 23.1 Å². The minimum absolute atomic E-state index is 0.180. The summed E-state index contributed by atoms with van der Waals surface area (Å²) in [7, 11) is 2.73. The molecule has 3 nitrogen and oxygen atoms in total. The standard InChI is InChI=1S/C7H10N2OS2/c1-4-3-6(7(8)10)11-12-9-5(4)2/h3,5,9H,1H2,2H3,(H2,8,10). The molecule has 0 aliphatic carbocycles. The zero-order chi connectivity index (χ0) is 9.14.